The van der Waals surface area contributed by atoms with Crippen molar-refractivity contribution in [2.24, 2.45) is 0 Å². The van der Waals surface area contributed by atoms with E-state index in [2.05, 4.69) is 27.6 Å². The average molecular weight is 353 g/mol. The van der Waals surface area contributed by atoms with Crippen LogP contribution in [0.1, 0.15) is 25.4 Å². The fraction of sp³-hybridized carbons (Fsp3) is 0.571. The van der Waals surface area contributed by atoms with Gasteiger partial charge in [0.15, 0.2) is 29.3 Å². The van der Waals surface area contributed by atoms with Crippen molar-refractivity contribution in [1.29, 1.82) is 0 Å². The van der Waals surface area contributed by atoms with E-state index in [1.165, 1.54) is 6.33 Å². The number of fused-ring (bicyclic) bond motifs is 1. The van der Waals surface area contributed by atoms with Crippen molar-refractivity contribution >= 4 is 35.6 Å². The quantitative estimate of drug-likeness (QED) is 0.527. The molecule has 3 heterocycles. The normalized spacial score (nSPS) is 26.8. The number of aryl methyl sites for hydroxylation is 1. The molecule has 130 valence electrons. The fourth-order valence-electron chi connectivity index (χ4n) is 2.78. The summed E-state index contributed by atoms with van der Waals surface area (Å²) in [6, 6.07) is 0. The zero-order valence-corrected chi connectivity index (χ0v) is 14.2. The Labute approximate surface area is 143 Å². The molecule has 3 rings (SSSR count). The number of hydrogen-bond donors (Lipinski definition) is 3. The van der Waals surface area contributed by atoms with Crippen LogP contribution in [0.15, 0.2) is 6.33 Å². The number of esters is 1. The van der Waals surface area contributed by atoms with E-state index in [-0.39, 0.29) is 18.0 Å². The Morgan fingerprint density at radius 3 is 2.96 bits per heavy atom. The van der Waals surface area contributed by atoms with Gasteiger partial charge in [0, 0.05) is 12.2 Å². The Bertz CT molecular complexity index is 767. The highest BCUT2D eigenvalue weighted by Crippen LogP contribution is 2.35. The Morgan fingerprint density at radius 2 is 2.29 bits per heavy atom. The minimum absolute atomic E-state index is 0.195. The van der Waals surface area contributed by atoms with E-state index in [4.69, 9.17) is 15.2 Å². The average Bonchev–Trinajstić information content (AvgIpc) is 3.05. The van der Waals surface area contributed by atoms with Crippen molar-refractivity contribution < 1.29 is 19.4 Å². The number of nitrogens with two attached hydrogens (primary N) is 1. The molecule has 0 saturated carbocycles. The monoisotopic (exact) mass is 353 g/mol. The van der Waals surface area contributed by atoms with Gasteiger partial charge in [-0.15, -0.1) is 0 Å². The first-order valence-electron chi connectivity index (χ1n) is 7.56. The Kier molecular flexibility index (Phi) is 4.61. The van der Waals surface area contributed by atoms with Crippen LogP contribution in [0.5, 0.6) is 0 Å². The molecule has 0 aliphatic carbocycles. The first-order chi connectivity index (χ1) is 11.5. The summed E-state index contributed by atoms with van der Waals surface area (Å²) in [5.41, 5.74) is 6.73. The zero-order chi connectivity index (χ0) is 17.4. The van der Waals surface area contributed by atoms with Crippen LogP contribution in [0.4, 0.5) is 5.82 Å². The van der Waals surface area contributed by atoms with Crippen molar-refractivity contribution in [2.45, 2.75) is 44.8 Å². The van der Waals surface area contributed by atoms with Crippen LogP contribution in [-0.4, -0.2) is 54.7 Å². The molecule has 0 bridgehead atoms. The van der Waals surface area contributed by atoms with Crippen molar-refractivity contribution in [3.63, 3.8) is 0 Å². The van der Waals surface area contributed by atoms with Crippen LogP contribution in [0, 0.1) is 6.92 Å². The maximum atomic E-state index is 11.7. The van der Waals surface area contributed by atoms with Gasteiger partial charge >= 0.3 is 5.97 Å². The summed E-state index contributed by atoms with van der Waals surface area (Å²) >= 11 is 4.19. The third kappa shape index (κ3) is 2.70. The number of aliphatic hydroxyl groups is 1. The van der Waals surface area contributed by atoms with Gasteiger partial charge in [0.1, 0.15) is 18.3 Å². The highest BCUT2D eigenvalue weighted by molar-refractivity contribution is 7.80. The summed E-state index contributed by atoms with van der Waals surface area (Å²) in [5.74, 6) is 0.657. The largest absolute Gasteiger partial charge is 0.455 e. The number of nitrogen functional groups attached to an aromatic ring is 1. The smallest absolute Gasteiger partial charge is 0.306 e. The highest BCUT2D eigenvalue weighted by Gasteiger charge is 2.47. The van der Waals surface area contributed by atoms with Gasteiger partial charge in [-0.05, 0) is 6.92 Å². The van der Waals surface area contributed by atoms with Crippen molar-refractivity contribution in [3.05, 3.63) is 12.2 Å². The van der Waals surface area contributed by atoms with Crippen molar-refractivity contribution in [1.82, 2.24) is 19.5 Å². The Balaban J connectivity index is 2.07. The summed E-state index contributed by atoms with van der Waals surface area (Å²) in [5, 5.41) is 10.4. The summed E-state index contributed by atoms with van der Waals surface area (Å²) in [6.07, 6.45) is -1.72. The first-order valence-corrected chi connectivity index (χ1v) is 8.20. The molecule has 4 atom stereocenters. The predicted octanol–water partition coefficient (Wildman–Crippen LogP) is 0.227. The molecule has 10 heteroatoms. The molecule has 0 radical (unpaired) electrons. The fourth-order valence-corrected chi connectivity index (χ4v) is 3.08. The molecule has 0 aromatic carbocycles. The van der Waals surface area contributed by atoms with Gasteiger partial charge in [-0.1, -0.05) is 6.92 Å². The van der Waals surface area contributed by atoms with Gasteiger partial charge in [0.25, 0.3) is 0 Å². The molecule has 1 saturated heterocycles. The van der Waals surface area contributed by atoms with E-state index in [0.29, 0.717) is 17.0 Å². The minimum Gasteiger partial charge on any atom is -0.455 e. The molecular formula is C14H19N5O4S. The number of carbonyl (C=O) groups is 1. The van der Waals surface area contributed by atoms with E-state index in [1.54, 1.807) is 18.4 Å². The molecule has 3 N–H and O–H groups in total. The number of aliphatic hydroxyl groups excluding tert-OH is 1. The molecule has 1 aliphatic rings. The summed E-state index contributed by atoms with van der Waals surface area (Å²) < 4.78 is 12.9. The summed E-state index contributed by atoms with van der Waals surface area (Å²) in [7, 11) is 0. The SMILES string of the molecule is CCC(=O)O[C@@H]1[C@H](O)[C@@H](CS)O[C@H]1n1c(C)nc2c(N)ncnc21. The minimum atomic E-state index is -1.00. The topological polar surface area (TPSA) is 125 Å². The van der Waals surface area contributed by atoms with Gasteiger partial charge in [0.05, 0.1) is 6.10 Å². The molecular weight excluding hydrogens is 334 g/mol. The number of ether oxygens (including phenoxy) is 2. The second-order valence-corrected chi connectivity index (χ2v) is 5.87. The highest BCUT2D eigenvalue weighted by atomic mass is 32.1. The third-order valence-corrected chi connectivity index (χ3v) is 4.34. The second-order valence-electron chi connectivity index (χ2n) is 5.51. The second kappa shape index (κ2) is 6.54. The van der Waals surface area contributed by atoms with Crippen LogP contribution in [0.25, 0.3) is 11.2 Å². The van der Waals surface area contributed by atoms with Crippen molar-refractivity contribution in [2.75, 3.05) is 11.5 Å². The van der Waals surface area contributed by atoms with E-state index in [1.807, 2.05) is 0 Å². The molecule has 24 heavy (non-hydrogen) atoms. The number of anilines is 1. The van der Waals surface area contributed by atoms with Crippen molar-refractivity contribution in [3.8, 4) is 0 Å². The van der Waals surface area contributed by atoms with Gasteiger partial charge in [0.2, 0.25) is 0 Å². The predicted molar refractivity (Wildman–Crippen MR) is 88.4 cm³/mol. The van der Waals surface area contributed by atoms with Crippen LogP contribution in [-0.2, 0) is 14.3 Å². The van der Waals surface area contributed by atoms with Crippen LogP contribution < -0.4 is 5.73 Å². The van der Waals surface area contributed by atoms with E-state index >= 15 is 0 Å². The molecule has 2 aromatic rings. The third-order valence-electron chi connectivity index (χ3n) is 3.99. The van der Waals surface area contributed by atoms with E-state index in [0.717, 1.165) is 0 Å². The lowest BCUT2D eigenvalue weighted by Gasteiger charge is -2.22. The number of nitrogens with zero attached hydrogens (tertiary/aromatic N) is 4. The lowest BCUT2D eigenvalue weighted by molar-refractivity contribution is -0.158. The summed E-state index contributed by atoms with van der Waals surface area (Å²) in [6.45, 7) is 3.44. The molecule has 9 nitrogen and oxygen atoms in total. The maximum absolute atomic E-state index is 11.7. The number of aromatic nitrogens is 4. The standard InChI is InChI=1S/C14H19N5O4S/c1-3-8(20)23-11-10(21)7(4-24)22-14(11)19-6(2)18-9-12(15)16-5-17-13(9)19/h5,7,10-11,14,21,24H,3-4H2,1-2H3,(H2,15,16,17)/t7-,10-,11-,14-/m1/s1. The molecule has 0 spiro atoms. The number of thiol groups is 1. The van der Waals surface area contributed by atoms with Gasteiger partial charge in [-0.2, -0.15) is 12.6 Å². The Morgan fingerprint density at radius 1 is 1.54 bits per heavy atom. The molecule has 1 aliphatic heterocycles. The Hall–Kier alpha value is -1.91. The zero-order valence-electron chi connectivity index (χ0n) is 13.3. The van der Waals surface area contributed by atoms with Crippen LogP contribution in [0.2, 0.25) is 0 Å². The lowest BCUT2D eigenvalue weighted by Crippen LogP contribution is -2.36. The molecule has 0 amide bonds. The molecule has 0 unspecified atom stereocenters. The van der Waals surface area contributed by atoms with E-state index < -0.39 is 30.5 Å². The first kappa shape index (κ1) is 16.9. The lowest BCUT2D eigenvalue weighted by atomic mass is 10.1. The van der Waals surface area contributed by atoms with Crippen LogP contribution in [0.3, 0.4) is 0 Å². The van der Waals surface area contributed by atoms with Gasteiger partial charge in [-0.3, -0.25) is 9.36 Å². The number of hydrogen-bond acceptors (Lipinski definition) is 9. The number of rotatable bonds is 4. The van der Waals surface area contributed by atoms with E-state index in [9.17, 15) is 9.90 Å². The van der Waals surface area contributed by atoms with Crippen LogP contribution >= 0.6 is 12.6 Å². The maximum Gasteiger partial charge on any atom is 0.306 e. The van der Waals surface area contributed by atoms with Gasteiger partial charge in [-0.25, -0.2) is 15.0 Å². The van der Waals surface area contributed by atoms with Gasteiger partial charge < -0.3 is 20.3 Å². The molecule has 2 aromatic heterocycles. The summed E-state index contributed by atoms with van der Waals surface area (Å²) in [4.78, 5) is 24.2. The number of carbonyl (C=O) groups excluding carboxylic acids is 1. The number of imidazole rings is 1. The molecule has 1 fully saturated rings.